The molecular formula is C18H11Cl2F2N5O2S. The van der Waals surface area contributed by atoms with Gasteiger partial charge in [0.15, 0.2) is 5.82 Å². The van der Waals surface area contributed by atoms with Gasteiger partial charge >= 0.3 is 0 Å². The maximum absolute atomic E-state index is 14.8. The summed E-state index contributed by atoms with van der Waals surface area (Å²) < 4.78 is 56.4. The van der Waals surface area contributed by atoms with E-state index in [4.69, 9.17) is 23.2 Å². The molecule has 0 fully saturated rings. The summed E-state index contributed by atoms with van der Waals surface area (Å²) in [7, 11) is -2.85. The molecular weight excluding hydrogens is 459 g/mol. The molecule has 0 unspecified atom stereocenters. The summed E-state index contributed by atoms with van der Waals surface area (Å²) in [5, 5.41) is 2.66. The summed E-state index contributed by atoms with van der Waals surface area (Å²) in [4.78, 5) is 11.0. The summed E-state index contributed by atoms with van der Waals surface area (Å²) in [6.07, 6.45) is 3.80. The zero-order valence-electron chi connectivity index (χ0n) is 15.0. The number of pyridine rings is 1. The predicted molar refractivity (Wildman–Crippen MR) is 109 cm³/mol. The van der Waals surface area contributed by atoms with Crippen molar-refractivity contribution in [1.29, 1.82) is 0 Å². The highest BCUT2D eigenvalue weighted by Gasteiger charge is 2.23. The molecule has 0 atom stereocenters. The molecule has 3 rings (SSSR count). The Kier molecular flexibility index (Phi) is 6.36. The Bertz CT molecular complexity index is 1280. The highest BCUT2D eigenvalue weighted by atomic mass is 35.5. The van der Waals surface area contributed by atoms with Crippen molar-refractivity contribution >= 4 is 44.7 Å². The molecule has 2 aromatic heterocycles. The van der Waals surface area contributed by atoms with E-state index in [9.17, 15) is 17.2 Å². The van der Waals surface area contributed by atoms with Crippen molar-refractivity contribution < 1.29 is 17.2 Å². The van der Waals surface area contributed by atoms with E-state index in [1.807, 2.05) is 0 Å². The molecule has 0 radical (unpaired) electrons. The van der Waals surface area contributed by atoms with E-state index in [0.717, 1.165) is 18.2 Å². The van der Waals surface area contributed by atoms with Crippen LogP contribution in [0.1, 0.15) is 11.1 Å². The van der Waals surface area contributed by atoms with Crippen molar-refractivity contribution in [2.45, 2.75) is 4.90 Å². The van der Waals surface area contributed by atoms with E-state index in [0.29, 0.717) is 0 Å². The lowest BCUT2D eigenvalue weighted by Gasteiger charge is -2.13. The maximum atomic E-state index is 14.8. The van der Waals surface area contributed by atoms with Crippen LogP contribution >= 0.6 is 23.2 Å². The van der Waals surface area contributed by atoms with Gasteiger partial charge in [-0.05, 0) is 29.8 Å². The summed E-state index contributed by atoms with van der Waals surface area (Å²) in [6.45, 7) is 0. The fraction of sp³-hybridized carbons (Fsp3) is 0.0556. The van der Waals surface area contributed by atoms with Gasteiger partial charge in [0.1, 0.15) is 16.5 Å². The highest BCUT2D eigenvalue weighted by molar-refractivity contribution is 7.92. The van der Waals surface area contributed by atoms with Crippen LogP contribution in [-0.2, 0) is 10.0 Å². The molecule has 1 aromatic carbocycles. The number of hydrogen-bond acceptors (Lipinski definition) is 6. The molecule has 0 bridgehead atoms. The number of sulfonamides is 1. The molecule has 0 aliphatic rings. The van der Waals surface area contributed by atoms with Crippen molar-refractivity contribution in [2.75, 3.05) is 17.1 Å². The Hall–Kier alpha value is -3.00. The first kappa shape index (κ1) is 21.7. The van der Waals surface area contributed by atoms with Crippen molar-refractivity contribution in [3.63, 3.8) is 0 Å². The molecule has 3 aromatic rings. The summed E-state index contributed by atoms with van der Waals surface area (Å²) >= 11 is 11.4. The van der Waals surface area contributed by atoms with E-state index in [1.54, 1.807) is 0 Å². The van der Waals surface area contributed by atoms with Crippen LogP contribution in [0.4, 0.5) is 20.3 Å². The zero-order chi connectivity index (χ0) is 21.9. The summed E-state index contributed by atoms with van der Waals surface area (Å²) in [5.74, 6) is 2.63. The number of hydrogen-bond donors (Lipinski definition) is 2. The third kappa shape index (κ3) is 4.76. The molecule has 0 saturated carbocycles. The Morgan fingerprint density at radius 2 is 1.73 bits per heavy atom. The minimum absolute atomic E-state index is 0.00262. The number of rotatable bonds is 4. The number of nitrogens with zero attached hydrogens (tertiary/aromatic N) is 3. The van der Waals surface area contributed by atoms with Gasteiger partial charge in [0.2, 0.25) is 5.28 Å². The smallest absolute Gasteiger partial charge is 0.265 e. The first-order valence-electron chi connectivity index (χ1n) is 8.05. The first-order chi connectivity index (χ1) is 14.2. The molecule has 0 amide bonds. The first-order valence-corrected chi connectivity index (χ1v) is 10.3. The fourth-order valence-electron chi connectivity index (χ4n) is 2.27. The summed E-state index contributed by atoms with van der Waals surface area (Å²) in [5.41, 5.74) is -0.883. The SMILES string of the molecule is CNc1ncc(Cl)cc1S(=O)(=O)Nc1ccc(F)c(C#Cc2cnc(Cl)nc2)c1F. The van der Waals surface area contributed by atoms with E-state index >= 15 is 0 Å². The average Bonchev–Trinajstić information content (AvgIpc) is 2.71. The van der Waals surface area contributed by atoms with Gasteiger partial charge in [-0.2, -0.15) is 0 Å². The molecule has 0 aliphatic carbocycles. The van der Waals surface area contributed by atoms with Crippen LogP contribution < -0.4 is 10.0 Å². The predicted octanol–water partition coefficient (Wildman–Crippen LogP) is 3.70. The quantitative estimate of drug-likeness (QED) is 0.446. The molecule has 7 nitrogen and oxygen atoms in total. The van der Waals surface area contributed by atoms with Crippen molar-refractivity contribution in [2.24, 2.45) is 0 Å². The minimum Gasteiger partial charge on any atom is -0.372 e. The molecule has 2 heterocycles. The van der Waals surface area contributed by atoms with Crippen molar-refractivity contribution in [3.8, 4) is 11.8 Å². The lowest BCUT2D eigenvalue weighted by atomic mass is 10.1. The number of benzene rings is 1. The number of anilines is 2. The lowest BCUT2D eigenvalue weighted by molar-refractivity contribution is 0.578. The lowest BCUT2D eigenvalue weighted by Crippen LogP contribution is -2.17. The van der Waals surface area contributed by atoms with Gasteiger partial charge in [-0.15, -0.1) is 0 Å². The van der Waals surface area contributed by atoms with Gasteiger partial charge in [0, 0.05) is 25.6 Å². The molecule has 12 heteroatoms. The number of halogens is 4. The van der Waals surface area contributed by atoms with Gasteiger partial charge < -0.3 is 5.32 Å². The monoisotopic (exact) mass is 469 g/mol. The highest BCUT2D eigenvalue weighted by Crippen LogP contribution is 2.27. The van der Waals surface area contributed by atoms with Gasteiger partial charge in [0.05, 0.1) is 21.8 Å². The topological polar surface area (TPSA) is 96.9 Å². The molecule has 2 N–H and O–H groups in total. The van der Waals surface area contributed by atoms with Gasteiger partial charge in [-0.3, -0.25) is 4.72 Å². The van der Waals surface area contributed by atoms with E-state index in [-0.39, 0.29) is 26.6 Å². The minimum atomic E-state index is -4.31. The molecule has 30 heavy (non-hydrogen) atoms. The van der Waals surface area contributed by atoms with Crippen molar-refractivity contribution in [1.82, 2.24) is 15.0 Å². The van der Waals surface area contributed by atoms with Crippen LogP contribution in [0.3, 0.4) is 0 Å². The van der Waals surface area contributed by atoms with Crippen molar-refractivity contribution in [3.05, 3.63) is 69.9 Å². The second kappa shape index (κ2) is 8.79. The Balaban J connectivity index is 2.00. The third-order valence-electron chi connectivity index (χ3n) is 3.63. The van der Waals surface area contributed by atoms with Crippen LogP contribution in [-0.4, -0.2) is 30.4 Å². The third-order valence-corrected chi connectivity index (χ3v) is 5.41. The Labute approximate surface area is 180 Å². The molecule has 154 valence electrons. The van der Waals surface area contributed by atoms with Crippen LogP contribution in [0.15, 0.2) is 41.7 Å². The molecule has 0 aliphatic heterocycles. The van der Waals surface area contributed by atoms with Crippen LogP contribution in [0.25, 0.3) is 0 Å². The molecule has 0 saturated heterocycles. The Morgan fingerprint density at radius 3 is 2.40 bits per heavy atom. The van der Waals surface area contributed by atoms with Crippen LogP contribution in [0, 0.1) is 23.5 Å². The molecule has 0 spiro atoms. The number of nitrogens with one attached hydrogen (secondary N) is 2. The fourth-order valence-corrected chi connectivity index (χ4v) is 3.84. The standard InChI is InChI=1S/C18H11Cl2F2N5O2S/c1-23-17-15(6-11(19)9-24-17)30(28,29)27-14-5-4-13(21)12(16(14)22)3-2-10-7-25-18(20)26-8-10/h4-9,27H,1H3,(H,23,24). The van der Waals surface area contributed by atoms with E-state index in [1.165, 1.54) is 25.6 Å². The van der Waals surface area contributed by atoms with E-state index in [2.05, 4.69) is 36.8 Å². The second-order valence-electron chi connectivity index (χ2n) is 5.63. The maximum Gasteiger partial charge on any atom is 0.265 e. The second-order valence-corrected chi connectivity index (χ2v) is 8.06. The van der Waals surface area contributed by atoms with Gasteiger partial charge in [-0.1, -0.05) is 23.4 Å². The normalized spacial score (nSPS) is 10.8. The number of aromatic nitrogens is 3. The zero-order valence-corrected chi connectivity index (χ0v) is 17.4. The summed E-state index contributed by atoms with van der Waals surface area (Å²) in [6, 6.07) is 2.97. The van der Waals surface area contributed by atoms with Gasteiger partial charge in [0.25, 0.3) is 10.0 Å². The van der Waals surface area contributed by atoms with E-state index < -0.39 is 32.9 Å². The van der Waals surface area contributed by atoms with Crippen LogP contribution in [0.2, 0.25) is 10.3 Å². The largest absolute Gasteiger partial charge is 0.372 e. The Morgan fingerprint density at radius 1 is 1.03 bits per heavy atom. The van der Waals surface area contributed by atoms with Gasteiger partial charge in [-0.25, -0.2) is 32.2 Å². The van der Waals surface area contributed by atoms with Crippen LogP contribution in [0.5, 0.6) is 0 Å². The average molecular weight is 470 g/mol.